The van der Waals surface area contributed by atoms with Gasteiger partial charge in [-0.05, 0) is 56.8 Å². The van der Waals surface area contributed by atoms with Gasteiger partial charge in [-0.3, -0.25) is 4.90 Å². The van der Waals surface area contributed by atoms with Gasteiger partial charge in [-0.15, -0.1) is 0 Å². The van der Waals surface area contributed by atoms with Crippen LogP contribution >= 0.6 is 0 Å². The summed E-state index contributed by atoms with van der Waals surface area (Å²) < 4.78 is 0. The lowest BCUT2D eigenvalue weighted by molar-refractivity contribution is 0.255. The van der Waals surface area contributed by atoms with Crippen LogP contribution in [0.1, 0.15) is 31.7 Å². The second kappa shape index (κ2) is 5.51. The van der Waals surface area contributed by atoms with Crippen molar-refractivity contribution in [1.29, 1.82) is 0 Å². The Morgan fingerprint density at radius 3 is 2.68 bits per heavy atom. The highest BCUT2D eigenvalue weighted by Crippen LogP contribution is 2.33. The molecule has 3 nitrogen and oxygen atoms in total. The minimum absolute atomic E-state index is 0.349. The fourth-order valence-corrected chi connectivity index (χ4v) is 3.20. The van der Waals surface area contributed by atoms with Crippen molar-refractivity contribution in [3.8, 4) is 5.75 Å². The molecule has 1 saturated carbocycles. The normalized spacial score (nSPS) is 27.8. The number of phenolic OH excluding ortho intramolecular Hbond substituents is 1. The van der Waals surface area contributed by atoms with Gasteiger partial charge in [-0.1, -0.05) is 12.1 Å². The third-order valence-corrected chi connectivity index (χ3v) is 4.42. The molecule has 1 saturated heterocycles. The van der Waals surface area contributed by atoms with E-state index in [1.165, 1.54) is 31.4 Å². The first-order valence-corrected chi connectivity index (χ1v) is 7.49. The van der Waals surface area contributed by atoms with E-state index in [4.69, 9.17) is 0 Å². The number of nitrogens with zero attached hydrogens (tertiary/aromatic N) is 1. The van der Waals surface area contributed by atoms with Crippen molar-refractivity contribution in [2.75, 3.05) is 13.1 Å². The van der Waals surface area contributed by atoms with E-state index in [9.17, 15) is 5.11 Å². The SMILES string of the molecule is CC1CC(NCCc2ccc(O)cc2)CN1C1CC1. The maximum atomic E-state index is 9.25. The largest absolute Gasteiger partial charge is 0.508 e. The lowest BCUT2D eigenvalue weighted by atomic mass is 10.1. The molecule has 19 heavy (non-hydrogen) atoms. The van der Waals surface area contributed by atoms with Crippen molar-refractivity contribution in [3.05, 3.63) is 29.8 Å². The number of aromatic hydroxyl groups is 1. The minimum Gasteiger partial charge on any atom is -0.508 e. The first-order chi connectivity index (χ1) is 9.22. The lowest BCUT2D eigenvalue weighted by Gasteiger charge is -2.19. The van der Waals surface area contributed by atoms with E-state index in [-0.39, 0.29) is 0 Å². The van der Waals surface area contributed by atoms with Crippen molar-refractivity contribution in [2.24, 2.45) is 0 Å². The van der Waals surface area contributed by atoms with Crippen LogP contribution in [0.4, 0.5) is 0 Å². The summed E-state index contributed by atoms with van der Waals surface area (Å²) in [5, 5.41) is 12.9. The number of rotatable bonds is 5. The Balaban J connectivity index is 1.42. The number of phenols is 1. The van der Waals surface area contributed by atoms with Crippen molar-refractivity contribution in [1.82, 2.24) is 10.2 Å². The Morgan fingerprint density at radius 2 is 2.00 bits per heavy atom. The van der Waals surface area contributed by atoms with E-state index in [1.54, 1.807) is 12.1 Å². The predicted octanol–water partition coefficient (Wildman–Crippen LogP) is 2.15. The highest BCUT2D eigenvalue weighted by atomic mass is 16.3. The molecule has 2 fully saturated rings. The molecule has 0 spiro atoms. The van der Waals surface area contributed by atoms with Gasteiger partial charge < -0.3 is 10.4 Å². The molecule has 2 aliphatic rings. The number of nitrogens with one attached hydrogen (secondary N) is 1. The Kier molecular flexibility index (Phi) is 3.76. The summed E-state index contributed by atoms with van der Waals surface area (Å²) in [6.07, 6.45) is 5.13. The second-order valence-corrected chi connectivity index (χ2v) is 6.08. The van der Waals surface area contributed by atoms with Gasteiger partial charge in [-0.25, -0.2) is 0 Å². The maximum Gasteiger partial charge on any atom is 0.115 e. The Morgan fingerprint density at radius 1 is 1.26 bits per heavy atom. The van der Waals surface area contributed by atoms with Gasteiger partial charge >= 0.3 is 0 Å². The third-order valence-electron chi connectivity index (χ3n) is 4.42. The van der Waals surface area contributed by atoms with Crippen LogP contribution in [0.5, 0.6) is 5.75 Å². The summed E-state index contributed by atoms with van der Waals surface area (Å²) in [4.78, 5) is 2.68. The fourth-order valence-electron chi connectivity index (χ4n) is 3.20. The zero-order valence-electron chi connectivity index (χ0n) is 11.7. The van der Waals surface area contributed by atoms with Crippen molar-refractivity contribution < 1.29 is 5.11 Å². The van der Waals surface area contributed by atoms with E-state index in [0.717, 1.165) is 25.0 Å². The molecular formula is C16H24N2O. The molecule has 1 aliphatic carbocycles. The summed E-state index contributed by atoms with van der Waals surface area (Å²) in [5.74, 6) is 0.349. The van der Waals surface area contributed by atoms with Gasteiger partial charge in [0.1, 0.15) is 5.75 Å². The smallest absolute Gasteiger partial charge is 0.115 e. The molecule has 0 bridgehead atoms. The second-order valence-electron chi connectivity index (χ2n) is 6.08. The van der Waals surface area contributed by atoms with Crippen molar-refractivity contribution in [3.63, 3.8) is 0 Å². The van der Waals surface area contributed by atoms with E-state index < -0.39 is 0 Å². The van der Waals surface area contributed by atoms with Crippen LogP contribution in [-0.4, -0.2) is 41.2 Å². The van der Waals surface area contributed by atoms with E-state index in [0.29, 0.717) is 11.8 Å². The molecule has 0 amide bonds. The molecule has 1 aromatic carbocycles. The van der Waals surface area contributed by atoms with E-state index in [1.807, 2.05) is 12.1 Å². The molecule has 2 unspecified atom stereocenters. The molecule has 2 N–H and O–H groups in total. The summed E-state index contributed by atoms with van der Waals surface area (Å²) in [5.41, 5.74) is 1.29. The molecule has 2 atom stereocenters. The standard InChI is InChI=1S/C16H24N2O/c1-12-10-14(11-18(12)15-4-5-15)17-9-8-13-2-6-16(19)7-3-13/h2-3,6-7,12,14-15,17,19H,4-5,8-11H2,1H3. The van der Waals surface area contributed by atoms with Gasteiger partial charge in [0, 0.05) is 24.7 Å². The maximum absolute atomic E-state index is 9.25. The van der Waals surface area contributed by atoms with Gasteiger partial charge in [0.25, 0.3) is 0 Å². The first kappa shape index (κ1) is 12.9. The monoisotopic (exact) mass is 260 g/mol. The topological polar surface area (TPSA) is 35.5 Å². The van der Waals surface area contributed by atoms with Crippen LogP contribution < -0.4 is 5.32 Å². The van der Waals surface area contributed by atoms with Crippen molar-refractivity contribution >= 4 is 0 Å². The van der Waals surface area contributed by atoms with Crippen LogP contribution in [0.15, 0.2) is 24.3 Å². The molecule has 0 radical (unpaired) electrons. The summed E-state index contributed by atoms with van der Waals surface area (Å²) in [6.45, 7) is 4.61. The highest BCUT2D eigenvalue weighted by Gasteiger charge is 2.38. The average Bonchev–Trinajstić information content (AvgIpc) is 3.17. The van der Waals surface area contributed by atoms with E-state index >= 15 is 0 Å². The molecule has 0 aromatic heterocycles. The number of hydrogen-bond acceptors (Lipinski definition) is 3. The molecule has 104 valence electrons. The predicted molar refractivity (Wildman–Crippen MR) is 77.4 cm³/mol. The highest BCUT2D eigenvalue weighted by molar-refractivity contribution is 5.26. The molecule has 1 aliphatic heterocycles. The Bertz CT molecular complexity index is 413. The number of likely N-dealkylation sites (tertiary alicyclic amines) is 1. The number of benzene rings is 1. The van der Waals surface area contributed by atoms with Gasteiger partial charge in [0.15, 0.2) is 0 Å². The van der Waals surface area contributed by atoms with E-state index in [2.05, 4.69) is 17.1 Å². The average molecular weight is 260 g/mol. The first-order valence-electron chi connectivity index (χ1n) is 7.49. The Labute approximate surface area is 115 Å². The Hall–Kier alpha value is -1.06. The molecule has 1 heterocycles. The molecule has 3 heteroatoms. The van der Waals surface area contributed by atoms with Crippen LogP contribution in [0.2, 0.25) is 0 Å². The molecule has 3 rings (SSSR count). The molecule has 1 aromatic rings. The fraction of sp³-hybridized carbons (Fsp3) is 0.625. The van der Waals surface area contributed by atoms with Gasteiger partial charge in [-0.2, -0.15) is 0 Å². The summed E-state index contributed by atoms with van der Waals surface area (Å²) in [6, 6.07) is 9.84. The van der Waals surface area contributed by atoms with Crippen LogP contribution in [0.25, 0.3) is 0 Å². The lowest BCUT2D eigenvalue weighted by Crippen LogP contribution is -2.35. The van der Waals surface area contributed by atoms with Gasteiger partial charge in [0.05, 0.1) is 0 Å². The van der Waals surface area contributed by atoms with Gasteiger partial charge in [0.2, 0.25) is 0 Å². The molecular weight excluding hydrogens is 236 g/mol. The zero-order valence-corrected chi connectivity index (χ0v) is 11.7. The minimum atomic E-state index is 0.349. The van der Waals surface area contributed by atoms with Crippen LogP contribution in [0, 0.1) is 0 Å². The van der Waals surface area contributed by atoms with Crippen LogP contribution in [-0.2, 0) is 6.42 Å². The quantitative estimate of drug-likeness (QED) is 0.851. The number of hydrogen-bond donors (Lipinski definition) is 2. The summed E-state index contributed by atoms with van der Waals surface area (Å²) in [7, 11) is 0. The third kappa shape index (κ3) is 3.28. The van der Waals surface area contributed by atoms with Crippen LogP contribution in [0.3, 0.4) is 0 Å². The van der Waals surface area contributed by atoms with Crippen molar-refractivity contribution in [2.45, 2.75) is 50.7 Å². The zero-order chi connectivity index (χ0) is 13.2. The summed E-state index contributed by atoms with van der Waals surface area (Å²) >= 11 is 0.